The van der Waals surface area contributed by atoms with Crippen molar-refractivity contribution in [3.8, 4) is 5.69 Å². The fourth-order valence-electron chi connectivity index (χ4n) is 2.86. The van der Waals surface area contributed by atoms with Gasteiger partial charge < -0.3 is 4.74 Å². The summed E-state index contributed by atoms with van der Waals surface area (Å²) < 4.78 is 32.4. The predicted octanol–water partition coefficient (Wildman–Crippen LogP) is 2.87. The first kappa shape index (κ1) is 15.5. The van der Waals surface area contributed by atoms with Crippen molar-refractivity contribution in [2.75, 3.05) is 7.11 Å². The molecule has 1 aromatic carbocycles. The lowest BCUT2D eigenvalue weighted by Gasteiger charge is -2.14. The molecule has 0 amide bonds. The molecule has 1 aliphatic carbocycles. The van der Waals surface area contributed by atoms with Crippen molar-refractivity contribution in [3.63, 3.8) is 0 Å². The molecule has 2 aromatic rings. The van der Waals surface area contributed by atoms with Gasteiger partial charge in [-0.25, -0.2) is 13.1 Å². The molecular formula is C15H17ClN2O3S. The monoisotopic (exact) mass is 340 g/mol. The Morgan fingerprint density at radius 1 is 1.36 bits per heavy atom. The lowest BCUT2D eigenvalue weighted by molar-refractivity contribution is 0.109. The van der Waals surface area contributed by atoms with E-state index in [2.05, 4.69) is 5.10 Å². The van der Waals surface area contributed by atoms with Gasteiger partial charge in [-0.1, -0.05) is 11.6 Å². The highest BCUT2D eigenvalue weighted by molar-refractivity contribution is 7.92. The third-order valence-corrected chi connectivity index (χ3v) is 6.80. The molecule has 0 saturated heterocycles. The number of sulfone groups is 1. The van der Waals surface area contributed by atoms with Crippen LogP contribution >= 0.6 is 11.6 Å². The molecule has 1 saturated carbocycles. The maximum atomic E-state index is 12.8. The highest BCUT2D eigenvalue weighted by Crippen LogP contribution is 2.34. The van der Waals surface area contributed by atoms with Gasteiger partial charge in [0, 0.05) is 19.5 Å². The van der Waals surface area contributed by atoms with Gasteiger partial charge in [0.2, 0.25) is 0 Å². The van der Waals surface area contributed by atoms with Crippen LogP contribution in [0.1, 0.15) is 19.3 Å². The number of hydrogen-bond acceptors (Lipinski definition) is 4. The molecule has 2 atom stereocenters. The molecule has 5 nitrogen and oxygen atoms in total. The first-order chi connectivity index (χ1) is 10.5. The van der Waals surface area contributed by atoms with Crippen LogP contribution in [-0.2, 0) is 14.6 Å². The van der Waals surface area contributed by atoms with Crippen LogP contribution in [0.4, 0.5) is 0 Å². The third-order valence-electron chi connectivity index (χ3n) is 4.10. The molecule has 3 rings (SSSR count). The fourth-order valence-corrected chi connectivity index (χ4v) is 5.22. The number of aromatic nitrogens is 2. The maximum Gasteiger partial charge on any atom is 0.182 e. The normalized spacial score (nSPS) is 22.1. The van der Waals surface area contributed by atoms with Crippen LogP contribution in [0.2, 0.25) is 5.02 Å². The van der Waals surface area contributed by atoms with E-state index in [0.29, 0.717) is 12.8 Å². The van der Waals surface area contributed by atoms with Crippen LogP contribution in [0.5, 0.6) is 0 Å². The Morgan fingerprint density at radius 3 is 2.77 bits per heavy atom. The van der Waals surface area contributed by atoms with Crippen molar-refractivity contribution < 1.29 is 13.2 Å². The summed E-state index contributed by atoms with van der Waals surface area (Å²) in [6.45, 7) is 0. The molecular weight excluding hydrogens is 324 g/mol. The third kappa shape index (κ3) is 2.78. The highest BCUT2D eigenvalue weighted by atomic mass is 35.5. The SMILES string of the molecule is COC1CCC(S(=O)(=O)c2ccc(-n3cccn3)cc2Cl)C1. The number of methoxy groups -OCH3 is 1. The zero-order chi connectivity index (χ0) is 15.7. The van der Waals surface area contributed by atoms with Crippen molar-refractivity contribution in [3.05, 3.63) is 41.7 Å². The summed E-state index contributed by atoms with van der Waals surface area (Å²) in [6, 6.07) is 6.70. The second-order valence-electron chi connectivity index (χ2n) is 5.40. The fraction of sp³-hybridized carbons (Fsp3) is 0.400. The van der Waals surface area contributed by atoms with Crippen LogP contribution in [-0.4, -0.2) is 36.7 Å². The molecule has 0 radical (unpaired) electrons. The second-order valence-corrected chi connectivity index (χ2v) is 8.01. The Labute approximate surface area is 134 Å². The summed E-state index contributed by atoms with van der Waals surface area (Å²) in [5.41, 5.74) is 0.732. The van der Waals surface area contributed by atoms with E-state index >= 15 is 0 Å². The van der Waals surface area contributed by atoms with E-state index in [-0.39, 0.29) is 16.0 Å². The van der Waals surface area contributed by atoms with E-state index < -0.39 is 15.1 Å². The largest absolute Gasteiger partial charge is 0.381 e. The molecule has 1 aliphatic rings. The van der Waals surface area contributed by atoms with Crippen molar-refractivity contribution in [2.45, 2.75) is 35.5 Å². The summed E-state index contributed by atoms with van der Waals surface area (Å²) in [5, 5.41) is 3.91. The van der Waals surface area contributed by atoms with E-state index in [1.807, 2.05) is 0 Å². The maximum absolute atomic E-state index is 12.8. The molecule has 118 valence electrons. The number of nitrogens with zero attached hydrogens (tertiary/aromatic N) is 2. The minimum Gasteiger partial charge on any atom is -0.381 e. The molecule has 2 unspecified atom stereocenters. The summed E-state index contributed by atoms with van der Waals surface area (Å²) in [4.78, 5) is 0.187. The minimum atomic E-state index is -3.44. The molecule has 1 aromatic heterocycles. The smallest absolute Gasteiger partial charge is 0.182 e. The lowest BCUT2D eigenvalue weighted by Crippen LogP contribution is -2.20. The molecule has 0 bridgehead atoms. The summed E-state index contributed by atoms with van der Waals surface area (Å²) in [6.07, 6.45) is 5.35. The lowest BCUT2D eigenvalue weighted by atomic mass is 10.3. The van der Waals surface area contributed by atoms with Crippen molar-refractivity contribution in [1.29, 1.82) is 0 Å². The van der Waals surface area contributed by atoms with E-state index in [4.69, 9.17) is 16.3 Å². The quantitative estimate of drug-likeness (QED) is 0.858. The summed E-state index contributed by atoms with van der Waals surface area (Å²) >= 11 is 6.23. The molecule has 0 N–H and O–H groups in total. The van der Waals surface area contributed by atoms with Crippen molar-refractivity contribution >= 4 is 21.4 Å². The Kier molecular flexibility index (Phi) is 4.25. The summed E-state index contributed by atoms with van der Waals surface area (Å²) in [7, 11) is -1.82. The molecule has 0 aliphatic heterocycles. The summed E-state index contributed by atoms with van der Waals surface area (Å²) in [5.74, 6) is 0. The van der Waals surface area contributed by atoms with Crippen LogP contribution in [0.3, 0.4) is 0 Å². The molecule has 1 fully saturated rings. The Balaban J connectivity index is 1.91. The number of ether oxygens (including phenoxy) is 1. The molecule has 1 heterocycles. The topological polar surface area (TPSA) is 61.2 Å². The van der Waals surface area contributed by atoms with Crippen LogP contribution in [0.25, 0.3) is 5.69 Å². The van der Waals surface area contributed by atoms with E-state index in [0.717, 1.165) is 12.1 Å². The number of rotatable bonds is 4. The van der Waals surface area contributed by atoms with Crippen molar-refractivity contribution in [2.24, 2.45) is 0 Å². The Morgan fingerprint density at radius 2 is 2.18 bits per heavy atom. The highest BCUT2D eigenvalue weighted by Gasteiger charge is 2.36. The zero-order valence-electron chi connectivity index (χ0n) is 12.1. The van der Waals surface area contributed by atoms with Gasteiger partial charge in [-0.2, -0.15) is 5.10 Å². The molecule has 0 spiro atoms. The van der Waals surface area contributed by atoms with Gasteiger partial charge in [0.15, 0.2) is 9.84 Å². The Hall–Kier alpha value is -1.37. The molecule has 22 heavy (non-hydrogen) atoms. The average molecular weight is 341 g/mol. The van der Waals surface area contributed by atoms with E-state index in [1.54, 1.807) is 48.5 Å². The standard InChI is InChI=1S/C15H17ClN2O3S/c1-21-12-4-5-13(10-12)22(19,20)15-6-3-11(9-14(15)16)18-8-2-7-17-18/h2-3,6-9,12-13H,4-5,10H2,1H3. The average Bonchev–Trinajstić information content (AvgIpc) is 3.18. The van der Waals surface area contributed by atoms with Gasteiger partial charge in [-0.05, 0) is 43.5 Å². The first-order valence-electron chi connectivity index (χ1n) is 7.08. The van der Waals surface area contributed by atoms with Gasteiger partial charge in [-0.15, -0.1) is 0 Å². The number of benzene rings is 1. The number of hydrogen-bond donors (Lipinski definition) is 0. The van der Waals surface area contributed by atoms with Gasteiger partial charge in [-0.3, -0.25) is 0 Å². The van der Waals surface area contributed by atoms with Gasteiger partial charge in [0.1, 0.15) is 0 Å². The van der Waals surface area contributed by atoms with E-state index in [1.165, 1.54) is 0 Å². The number of halogens is 1. The minimum absolute atomic E-state index is 0.0156. The van der Waals surface area contributed by atoms with Crippen LogP contribution < -0.4 is 0 Å². The first-order valence-corrected chi connectivity index (χ1v) is 9.01. The second kappa shape index (κ2) is 6.02. The van der Waals surface area contributed by atoms with Crippen molar-refractivity contribution in [1.82, 2.24) is 9.78 Å². The molecule has 7 heteroatoms. The van der Waals surface area contributed by atoms with Crippen LogP contribution in [0.15, 0.2) is 41.6 Å². The van der Waals surface area contributed by atoms with Crippen LogP contribution in [0, 0.1) is 0 Å². The van der Waals surface area contributed by atoms with Gasteiger partial charge in [0.25, 0.3) is 0 Å². The van der Waals surface area contributed by atoms with Gasteiger partial charge in [0.05, 0.1) is 27.0 Å². The Bertz CT molecular complexity index is 759. The van der Waals surface area contributed by atoms with E-state index in [9.17, 15) is 8.42 Å². The predicted molar refractivity (Wildman–Crippen MR) is 84.2 cm³/mol. The zero-order valence-corrected chi connectivity index (χ0v) is 13.7. The van der Waals surface area contributed by atoms with Gasteiger partial charge >= 0.3 is 0 Å².